The first-order chi connectivity index (χ1) is 15.0. The number of aryl methyl sites for hydroxylation is 1. The van der Waals surface area contributed by atoms with Crippen LogP contribution in [-0.4, -0.2) is 63.5 Å². The Hall–Kier alpha value is -3.16. The first-order valence-corrected chi connectivity index (χ1v) is 11.0. The number of carbonyl (C=O) groups excluding carboxylic acids is 3. The number of fused-ring (bicyclic) bond motifs is 1. The average Bonchev–Trinajstić information content (AvgIpc) is 3.14. The molecule has 0 atom stereocenters. The molecule has 1 aromatic carbocycles. The molecule has 2 aliphatic rings. The van der Waals surface area contributed by atoms with Gasteiger partial charge in [0.1, 0.15) is 5.69 Å². The highest BCUT2D eigenvalue weighted by Crippen LogP contribution is 2.29. The predicted molar refractivity (Wildman–Crippen MR) is 117 cm³/mol. The number of benzene rings is 1. The van der Waals surface area contributed by atoms with Crippen LogP contribution in [0.5, 0.6) is 0 Å². The average molecular weight is 424 g/mol. The van der Waals surface area contributed by atoms with Gasteiger partial charge in [-0.15, -0.1) is 0 Å². The van der Waals surface area contributed by atoms with Crippen LogP contribution >= 0.6 is 0 Å². The molecule has 8 heteroatoms. The molecule has 0 radical (unpaired) electrons. The second kappa shape index (κ2) is 8.91. The van der Waals surface area contributed by atoms with E-state index in [2.05, 4.69) is 5.32 Å². The van der Waals surface area contributed by atoms with Crippen molar-refractivity contribution < 1.29 is 14.4 Å². The number of amides is 3. The zero-order chi connectivity index (χ0) is 22.0. The Labute approximate surface area is 182 Å². The van der Waals surface area contributed by atoms with Gasteiger partial charge in [0.25, 0.3) is 11.8 Å². The fourth-order valence-electron chi connectivity index (χ4n) is 4.42. The van der Waals surface area contributed by atoms with Crippen LogP contribution in [0, 0.1) is 0 Å². The van der Waals surface area contributed by atoms with E-state index in [1.807, 2.05) is 27.5 Å². The number of carbonyl (C=O) groups is 3. The van der Waals surface area contributed by atoms with Crippen molar-refractivity contribution in [2.45, 2.75) is 45.6 Å². The smallest absolute Gasteiger partial charge is 0.272 e. The summed E-state index contributed by atoms with van der Waals surface area (Å²) in [4.78, 5) is 40.5. The third kappa shape index (κ3) is 4.47. The Balaban J connectivity index is 1.39. The number of piperidine rings is 1. The molecular formula is C23H29N5O3. The summed E-state index contributed by atoms with van der Waals surface area (Å²) in [6, 6.07) is 8.94. The summed E-state index contributed by atoms with van der Waals surface area (Å²) < 4.78 is 1.86. The monoisotopic (exact) mass is 423 g/mol. The second-order valence-electron chi connectivity index (χ2n) is 8.24. The van der Waals surface area contributed by atoms with Crippen molar-refractivity contribution in [3.63, 3.8) is 0 Å². The normalized spacial score (nSPS) is 17.3. The maximum atomic E-state index is 12.9. The molecule has 164 valence electrons. The van der Waals surface area contributed by atoms with Crippen molar-refractivity contribution in [1.82, 2.24) is 19.6 Å². The molecule has 1 fully saturated rings. The first-order valence-electron chi connectivity index (χ1n) is 11.0. The van der Waals surface area contributed by atoms with Gasteiger partial charge >= 0.3 is 0 Å². The quantitative estimate of drug-likeness (QED) is 0.819. The summed E-state index contributed by atoms with van der Waals surface area (Å²) in [6.07, 6.45) is 2.58. The summed E-state index contributed by atoms with van der Waals surface area (Å²) in [7, 11) is 0. The van der Waals surface area contributed by atoms with Gasteiger partial charge in [0.05, 0.1) is 5.69 Å². The van der Waals surface area contributed by atoms with Gasteiger partial charge in [0, 0.05) is 56.8 Å². The molecule has 0 bridgehead atoms. The van der Waals surface area contributed by atoms with Crippen LogP contribution in [-0.2, 0) is 11.3 Å². The van der Waals surface area contributed by atoms with Crippen LogP contribution in [0.4, 0.5) is 5.69 Å². The summed E-state index contributed by atoms with van der Waals surface area (Å²) in [6.45, 7) is 7.04. The lowest BCUT2D eigenvalue weighted by Gasteiger charge is -2.31. The van der Waals surface area contributed by atoms with Crippen LogP contribution < -0.4 is 5.32 Å². The second-order valence-corrected chi connectivity index (χ2v) is 8.24. The number of aromatic nitrogens is 2. The standard InChI is InChI=1S/C23H29N5O3/c1-3-26-11-4-12-28-21(23(26)31)15-20(25-28)17-9-13-27(14-10-17)22(30)18-5-7-19(8-6-18)24-16(2)29/h5-8,15,17H,3-4,9-14H2,1-2H3,(H,24,29). The maximum Gasteiger partial charge on any atom is 0.272 e. The van der Waals surface area contributed by atoms with Crippen molar-refractivity contribution in [2.75, 3.05) is 31.5 Å². The molecule has 8 nitrogen and oxygen atoms in total. The van der Waals surface area contributed by atoms with Crippen molar-refractivity contribution in [3.8, 4) is 0 Å². The molecule has 1 aromatic heterocycles. The van der Waals surface area contributed by atoms with E-state index < -0.39 is 0 Å². The van der Waals surface area contributed by atoms with Gasteiger partial charge in [-0.1, -0.05) is 0 Å². The van der Waals surface area contributed by atoms with Gasteiger partial charge < -0.3 is 15.1 Å². The number of anilines is 1. The van der Waals surface area contributed by atoms with E-state index >= 15 is 0 Å². The predicted octanol–water partition coefficient (Wildman–Crippen LogP) is 2.73. The minimum absolute atomic E-state index is 0.00205. The summed E-state index contributed by atoms with van der Waals surface area (Å²) in [5.74, 6) is 0.187. The summed E-state index contributed by atoms with van der Waals surface area (Å²) in [5, 5.41) is 7.45. The lowest BCUT2D eigenvalue weighted by Crippen LogP contribution is -2.38. The van der Waals surface area contributed by atoms with E-state index in [-0.39, 0.29) is 23.6 Å². The molecule has 3 amide bonds. The molecule has 0 spiro atoms. The van der Waals surface area contributed by atoms with E-state index in [0.29, 0.717) is 36.6 Å². The molecule has 1 N–H and O–H groups in total. The Morgan fingerprint density at radius 1 is 1.10 bits per heavy atom. The van der Waals surface area contributed by atoms with Gasteiger partial charge in [-0.25, -0.2) is 0 Å². The van der Waals surface area contributed by atoms with Crippen LogP contribution in [0.1, 0.15) is 65.6 Å². The third-order valence-electron chi connectivity index (χ3n) is 6.14. The molecule has 31 heavy (non-hydrogen) atoms. The number of rotatable bonds is 4. The molecular weight excluding hydrogens is 394 g/mol. The molecule has 2 aromatic rings. The lowest BCUT2D eigenvalue weighted by molar-refractivity contribution is -0.114. The van der Waals surface area contributed by atoms with Crippen LogP contribution in [0.2, 0.25) is 0 Å². The van der Waals surface area contributed by atoms with E-state index in [4.69, 9.17) is 5.10 Å². The van der Waals surface area contributed by atoms with Crippen LogP contribution in [0.15, 0.2) is 30.3 Å². The number of nitrogens with zero attached hydrogens (tertiary/aromatic N) is 4. The fraction of sp³-hybridized carbons (Fsp3) is 0.478. The largest absolute Gasteiger partial charge is 0.339 e. The number of hydrogen-bond acceptors (Lipinski definition) is 4. The topological polar surface area (TPSA) is 87.5 Å². The number of hydrogen-bond donors (Lipinski definition) is 1. The zero-order valence-electron chi connectivity index (χ0n) is 18.1. The van der Waals surface area contributed by atoms with Gasteiger partial charge in [-0.3, -0.25) is 19.1 Å². The minimum atomic E-state index is -0.137. The Morgan fingerprint density at radius 3 is 2.45 bits per heavy atom. The van der Waals surface area contributed by atoms with E-state index in [0.717, 1.165) is 38.0 Å². The van der Waals surface area contributed by atoms with E-state index in [9.17, 15) is 14.4 Å². The number of nitrogens with one attached hydrogen (secondary N) is 1. The first kappa shape index (κ1) is 21.1. The van der Waals surface area contributed by atoms with Gasteiger partial charge in [0.15, 0.2) is 0 Å². The van der Waals surface area contributed by atoms with Crippen molar-refractivity contribution in [1.29, 1.82) is 0 Å². The SMILES string of the molecule is CCN1CCCn2nc(C3CCN(C(=O)c4ccc(NC(C)=O)cc4)CC3)cc2C1=O. The molecule has 0 aliphatic carbocycles. The van der Waals surface area contributed by atoms with E-state index in [1.54, 1.807) is 24.3 Å². The van der Waals surface area contributed by atoms with Crippen molar-refractivity contribution in [3.05, 3.63) is 47.3 Å². The Morgan fingerprint density at radius 2 is 1.81 bits per heavy atom. The van der Waals surface area contributed by atoms with Gasteiger partial charge in [-0.05, 0) is 56.5 Å². The molecule has 0 saturated carbocycles. The summed E-state index contributed by atoms with van der Waals surface area (Å²) in [5.41, 5.74) is 2.95. The summed E-state index contributed by atoms with van der Waals surface area (Å²) >= 11 is 0. The highest BCUT2D eigenvalue weighted by molar-refractivity contribution is 5.95. The third-order valence-corrected chi connectivity index (χ3v) is 6.14. The van der Waals surface area contributed by atoms with Crippen molar-refractivity contribution >= 4 is 23.4 Å². The van der Waals surface area contributed by atoms with Crippen molar-refractivity contribution in [2.24, 2.45) is 0 Å². The number of likely N-dealkylation sites (tertiary alicyclic amines) is 1. The molecule has 3 heterocycles. The van der Waals surface area contributed by atoms with Crippen LogP contribution in [0.3, 0.4) is 0 Å². The maximum absolute atomic E-state index is 12.9. The molecule has 2 aliphatic heterocycles. The van der Waals surface area contributed by atoms with Gasteiger partial charge in [-0.2, -0.15) is 5.10 Å². The Kier molecular flexibility index (Phi) is 6.06. The lowest BCUT2D eigenvalue weighted by atomic mass is 9.93. The molecule has 4 rings (SSSR count). The van der Waals surface area contributed by atoms with E-state index in [1.165, 1.54) is 6.92 Å². The zero-order valence-corrected chi connectivity index (χ0v) is 18.1. The minimum Gasteiger partial charge on any atom is -0.339 e. The highest BCUT2D eigenvalue weighted by Gasteiger charge is 2.29. The fourth-order valence-corrected chi connectivity index (χ4v) is 4.42. The highest BCUT2D eigenvalue weighted by atomic mass is 16.2. The Bertz CT molecular complexity index is 974. The molecule has 1 saturated heterocycles. The van der Waals surface area contributed by atoms with Crippen LogP contribution in [0.25, 0.3) is 0 Å². The van der Waals surface area contributed by atoms with Gasteiger partial charge in [0.2, 0.25) is 5.91 Å². The molecule has 0 unspecified atom stereocenters.